The minimum atomic E-state index is -4.43. The molecule has 1 N–H and O–H groups in total. The lowest BCUT2D eigenvalue weighted by Crippen LogP contribution is -2.47. The number of halogens is 4. The number of aromatic nitrogens is 5. The fourth-order valence-corrected chi connectivity index (χ4v) is 3.49. The highest BCUT2D eigenvalue weighted by atomic mass is 79.9. The molecule has 1 saturated heterocycles. The lowest BCUT2D eigenvalue weighted by molar-refractivity contribution is -0.137. The molecule has 3 aromatic rings. The maximum Gasteiger partial charge on any atom is 0.419 e. The van der Waals surface area contributed by atoms with Gasteiger partial charge in [0.25, 0.3) is 0 Å². The van der Waals surface area contributed by atoms with Crippen molar-refractivity contribution in [2.75, 3.05) is 36.0 Å². The van der Waals surface area contributed by atoms with Crippen LogP contribution in [0.3, 0.4) is 0 Å². The molecule has 4 heterocycles. The van der Waals surface area contributed by atoms with Crippen molar-refractivity contribution < 1.29 is 13.2 Å². The Labute approximate surface area is 154 Å². The van der Waals surface area contributed by atoms with Crippen molar-refractivity contribution in [3.8, 4) is 0 Å². The number of H-pyrrole nitrogens is 1. The number of alkyl halides is 3. The average Bonchev–Trinajstić information content (AvgIpc) is 3.03. The first kappa shape index (κ1) is 17.0. The van der Waals surface area contributed by atoms with Gasteiger partial charge < -0.3 is 9.80 Å². The van der Waals surface area contributed by atoms with E-state index in [0.29, 0.717) is 42.2 Å². The van der Waals surface area contributed by atoms with Gasteiger partial charge in [0.1, 0.15) is 22.6 Å². The zero-order valence-corrected chi connectivity index (χ0v) is 14.9. The molecule has 1 aliphatic heterocycles. The van der Waals surface area contributed by atoms with Gasteiger partial charge >= 0.3 is 6.18 Å². The molecule has 1 fully saturated rings. The molecule has 0 bridgehead atoms. The van der Waals surface area contributed by atoms with E-state index in [1.165, 1.54) is 18.6 Å². The van der Waals surface area contributed by atoms with Gasteiger partial charge in [0.2, 0.25) is 0 Å². The standard InChI is InChI=1S/C15H13BrF3N7/c16-11-10-12(24-23-11)21-8-22-14(10)26-6-4-25(5-7-26)13-9(15(17,18)19)2-1-3-20-13/h1-3,8H,4-7H2,(H,21,22,23,24). The molecule has 0 unspecified atom stereocenters. The number of piperazine rings is 1. The van der Waals surface area contributed by atoms with Crippen LogP contribution in [-0.4, -0.2) is 51.3 Å². The third-order valence-corrected chi connectivity index (χ3v) is 4.83. The van der Waals surface area contributed by atoms with E-state index in [-0.39, 0.29) is 5.82 Å². The summed E-state index contributed by atoms with van der Waals surface area (Å²) in [5, 5.41) is 7.65. The molecule has 136 valence electrons. The summed E-state index contributed by atoms with van der Waals surface area (Å²) < 4.78 is 40.3. The second-order valence-corrected chi connectivity index (χ2v) is 6.57. The van der Waals surface area contributed by atoms with E-state index in [9.17, 15) is 13.2 Å². The van der Waals surface area contributed by atoms with Crippen molar-refractivity contribution >= 4 is 38.6 Å². The predicted molar refractivity (Wildman–Crippen MR) is 93.0 cm³/mol. The van der Waals surface area contributed by atoms with Crippen LogP contribution in [-0.2, 0) is 6.18 Å². The third kappa shape index (κ3) is 2.96. The van der Waals surface area contributed by atoms with Gasteiger partial charge in [-0.05, 0) is 28.1 Å². The Morgan fingerprint density at radius 3 is 2.38 bits per heavy atom. The number of nitrogens with one attached hydrogen (secondary N) is 1. The van der Waals surface area contributed by atoms with Gasteiger partial charge in [0.05, 0.1) is 10.9 Å². The molecule has 0 aliphatic carbocycles. The topological polar surface area (TPSA) is 73.8 Å². The Morgan fingerprint density at radius 2 is 1.69 bits per heavy atom. The van der Waals surface area contributed by atoms with Crippen molar-refractivity contribution in [3.05, 3.63) is 34.8 Å². The van der Waals surface area contributed by atoms with E-state index >= 15 is 0 Å². The van der Waals surface area contributed by atoms with Gasteiger partial charge in [-0.3, -0.25) is 5.10 Å². The van der Waals surface area contributed by atoms with Gasteiger partial charge in [0.15, 0.2) is 5.65 Å². The largest absolute Gasteiger partial charge is 0.419 e. The minimum absolute atomic E-state index is 0.0306. The van der Waals surface area contributed by atoms with Crippen LogP contribution in [0.15, 0.2) is 29.3 Å². The molecule has 0 aromatic carbocycles. The molecule has 0 radical (unpaired) electrons. The summed E-state index contributed by atoms with van der Waals surface area (Å²) in [7, 11) is 0. The Hall–Kier alpha value is -2.43. The van der Waals surface area contributed by atoms with Gasteiger partial charge in [0, 0.05) is 32.4 Å². The fraction of sp³-hybridized carbons (Fsp3) is 0.333. The van der Waals surface area contributed by atoms with Crippen LogP contribution in [0.4, 0.5) is 24.8 Å². The number of anilines is 2. The highest BCUT2D eigenvalue weighted by molar-refractivity contribution is 9.10. The van der Waals surface area contributed by atoms with Gasteiger partial charge in [-0.25, -0.2) is 15.0 Å². The highest BCUT2D eigenvalue weighted by Gasteiger charge is 2.36. The Balaban J connectivity index is 1.58. The first-order chi connectivity index (χ1) is 12.4. The summed E-state index contributed by atoms with van der Waals surface area (Å²) in [6.45, 7) is 1.83. The van der Waals surface area contributed by atoms with Gasteiger partial charge in [-0.1, -0.05) is 0 Å². The van der Waals surface area contributed by atoms with E-state index in [1.54, 1.807) is 4.90 Å². The van der Waals surface area contributed by atoms with E-state index < -0.39 is 11.7 Å². The number of hydrogen-bond donors (Lipinski definition) is 1. The number of nitrogens with zero attached hydrogens (tertiary/aromatic N) is 6. The van der Waals surface area contributed by atoms with E-state index in [4.69, 9.17) is 0 Å². The molecular formula is C15H13BrF3N7. The molecule has 1 aliphatic rings. The summed E-state index contributed by atoms with van der Waals surface area (Å²) >= 11 is 3.39. The van der Waals surface area contributed by atoms with Crippen molar-refractivity contribution in [1.82, 2.24) is 25.1 Å². The predicted octanol–water partition coefficient (Wildman–Crippen LogP) is 2.86. The first-order valence-corrected chi connectivity index (χ1v) is 8.61. The van der Waals surface area contributed by atoms with E-state index in [0.717, 1.165) is 11.5 Å². The molecule has 11 heteroatoms. The second kappa shape index (κ2) is 6.38. The average molecular weight is 428 g/mol. The van der Waals surface area contributed by atoms with Crippen LogP contribution < -0.4 is 9.80 Å². The fourth-order valence-electron chi connectivity index (χ4n) is 3.05. The number of fused-ring (bicyclic) bond motifs is 1. The maximum atomic E-state index is 13.2. The summed E-state index contributed by atoms with van der Waals surface area (Å²) in [6.07, 6.45) is -1.62. The quantitative estimate of drug-likeness (QED) is 0.677. The molecule has 0 saturated carbocycles. The lowest BCUT2D eigenvalue weighted by atomic mass is 10.2. The van der Waals surface area contributed by atoms with Crippen molar-refractivity contribution in [2.24, 2.45) is 0 Å². The van der Waals surface area contributed by atoms with Gasteiger partial charge in [-0.15, -0.1) is 0 Å². The zero-order chi connectivity index (χ0) is 18.3. The summed E-state index contributed by atoms with van der Waals surface area (Å²) in [4.78, 5) is 16.1. The number of aromatic amines is 1. The second-order valence-electron chi connectivity index (χ2n) is 5.78. The summed E-state index contributed by atoms with van der Waals surface area (Å²) in [5.41, 5.74) is -0.177. The SMILES string of the molecule is FC(F)(F)c1cccnc1N1CCN(c2ncnc3n[nH]c(Br)c23)CC1. The molecule has 0 atom stereocenters. The normalized spacial score (nSPS) is 15.7. The van der Waals surface area contributed by atoms with E-state index in [2.05, 4.69) is 41.1 Å². The molecule has 0 amide bonds. The van der Waals surface area contributed by atoms with Crippen molar-refractivity contribution in [2.45, 2.75) is 6.18 Å². The van der Waals surface area contributed by atoms with Gasteiger partial charge in [-0.2, -0.15) is 18.3 Å². The van der Waals surface area contributed by atoms with Crippen LogP contribution in [0.25, 0.3) is 11.0 Å². The Morgan fingerprint density at radius 1 is 1.00 bits per heavy atom. The number of hydrogen-bond acceptors (Lipinski definition) is 6. The molecule has 7 nitrogen and oxygen atoms in total. The van der Waals surface area contributed by atoms with Crippen LogP contribution in [0, 0.1) is 0 Å². The summed E-state index contributed by atoms with van der Waals surface area (Å²) in [6, 6.07) is 2.36. The number of pyridine rings is 1. The van der Waals surface area contributed by atoms with Crippen LogP contribution in [0.5, 0.6) is 0 Å². The molecular weight excluding hydrogens is 415 g/mol. The summed E-state index contributed by atoms with van der Waals surface area (Å²) in [5.74, 6) is 0.671. The van der Waals surface area contributed by atoms with E-state index in [1.807, 2.05) is 4.90 Å². The molecule has 0 spiro atoms. The monoisotopic (exact) mass is 427 g/mol. The smallest absolute Gasteiger partial charge is 0.353 e. The third-order valence-electron chi connectivity index (χ3n) is 4.26. The lowest BCUT2D eigenvalue weighted by Gasteiger charge is -2.37. The maximum absolute atomic E-state index is 13.2. The highest BCUT2D eigenvalue weighted by Crippen LogP contribution is 2.36. The minimum Gasteiger partial charge on any atom is -0.353 e. The van der Waals surface area contributed by atoms with Crippen molar-refractivity contribution in [3.63, 3.8) is 0 Å². The molecule has 3 aromatic heterocycles. The first-order valence-electron chi connectivity index (χ1n) is 7.82. The number of rotatable bonds is 2. The van der Waals surface area contributed by atoms with Crippen LogP contribution >= 0.6 is 15.9 Å². The zero-order valence-electron chi connectivity index (χ0n) is 13.3. The van der Waals surface area contributed by atoms with Crippen LogP contribution in [0.2, 0.25) is 0 Å². The molecule has 4 rings (SSSR count). The Kier molecular flexibility index (Phi) is 4.17. The van der Waals surface area contributed by atoms with Crippen LogP contribution in [0.1, 0.15) is 5.56 Å². The Bertz CT molecular complexity index is 934. The molecule has 26 heavy (non-hydrogen) atoms. The van der Waals surface area contributed by atoms with Crippen molar-refractivity contribution in [1.29, 1.82) is 0 Å².